The van der Waals surface area contributed by atoms with Crippen molar-refractivity contribution in [2.24, 2.45) is 16.9 Å². The minimum absolute atomic E-state index is 0.0512. The van der Waals surface area contributed by atoms with Gasteiger partial charge in [-0.2, -0.15) is 5.26 Å². The van der Waals surface area contributed by atoms with Crippen LogP contribution in [0.1, 0.15) is 18.4 Å². The number of benzene rings is 1. The molecule has 8 nitrogen and oxygen atoms in total. The highest BCUT2D eigenvalue weighted by atomic mass is 35.5. The highest BCUT2D eigenvalue weighted by Gasteiger charge is 2.66. The van der Waals surface area contributed by atoms with E-state index in [1.165, 1.54) is 23.3 Å². The summed E-state index contributed by atoms with van der Waals surface area (Å²) < 4.78 is 5.23. The number of carbonyl (C=O) groups excluding carboxylic acids is 3. The Morgan fingerprint density at radius 3 is 2.45 bits per heavy atom. The van der Waals surface area contributed by atoms with E-state index < -0.39 is 41.2 Å². The maximum absolute atomic E-state index is 13.1. The summed E-state index contributed by atoms with van der Waals surface area (Å²) in [6.45, 7) is 1.68. The molecule has 4 N–H and O–H groups in total. The number of nitriles is 1. The second-order valence-corrected chi connectivity index (χ2v) is 7.21. The van der Waals surface area contributed by atoms with Gasteiger partial charge in [-0.25, -0.2) is 0 Å². The molecule has 0 unspecified atom stereocenters. The van der Waals surface area contributed by atoms with Crippen LogP contribution in [0, 0.1) is 16.7 Å². The van der Waals surface area contributed by atoms with Crippen LogP contribution in [0.4, 0.5) is 0 Å². The summed E-state index contributed by atoms with van der Waals surface area (Å²) in [5, 5.41) is 10.7. The van der Waals surface area contributed by atoms with Crippen LogP contribution in [0.5, 0.6) is 0 Å². The monoisotopic (exact) mass is 414 g/mol. The minimum atomic E-state index is -1.78. The SMILES string of the molecule is CCOC(=O)[C@]1(C#N)[C@H](c2ccc(Cl)cc2)[C@@H](C(N)=O)N2C=C(C(N)=O)C=C[C@@H]21. The third kappa shape index (κ3) is 3.13. The van der Waals surface area contributed by atoms with E-state index in [-0.39, 0.29) is 12.2 Å². The number of amides is 2. The number of carbonyl (C=O) groups is 3. The van der Waals surface area contributed by atoms with Crippen LogP contribution in [0.3, 0.4) is 0 Å². The lowest BCUT2D eigenvalue weighted by Crippen LogP contribution is -2.45. The van der Waals surface area contributed by atoms with Crippen LogP contribution >= 0.6 is 11.6 Å². The number of fused-ring (bicyclic) bond motifs is 1. The van der Waals surface area contributed by atoms with Gasteiger partial charge in [0, 0.05) is 17.1 Å². The van der Waals surface area contributed by atoms with Crippen LogP contribution in [0.15, 0.2) is 48.2 Å². The van der Waals surface area contributed by atoms with Crippen molar-refractivity contribution in [3.05, 3.63) is 58.8 Å². The van der Waals surface area contributed by atoms with E-state index in [1.807, 2.05) is 0 Å². The van der Waals surface area contributed by atoms with Crippen LogP contribution in [-0.2, 0) is 19.1 Å². The van der Waals surface area contributed by atoms with Gasteiger partial charge in [-0.15, -0.1) is 0 Å². The van der Waals surface area contributed by atoms with Gasteiger partial charge < -0.3 is 21.1 Å². The molecule has 0 bridgehead atoms. The summed E-state index contributed by atoms with van der Waals surface area (Å²) in [6, 6.07) is 6.59. The van der Waals surface area contributed by atoms with E-state index in [4.69, 9.17) is 27.8 Å². The summed E-state index contributed by atoms with van der Waals surface area (Å²) in [6.07, 6.45) is 4.30. The maximum atomic E-state index is 13.1. The minimum Gasteiger partial charge on any atom is -0.465 e. The summed E-state index contributed by atoms with van der Waals surface area (Å²) >= 11 is 5.98. The van der Waals surface area contributed by atoms with Crippen molar-refractivity contribution in [3.63, 3.8) is 0 Å². The molecule has 0 radical (unpaired) electrons. The molecule has 0 saturated carbocycles. The van der Waals surface area contributed by atoms with Crippen molar-refractivity contribution >= 4 is 29.4 Å². The zero-order valence-corrected chi connectivity index (χ0v) is 16.3. The topological polar surface area (TPSA) is 140 Å². The Balaban J connectivity index is 2.28. The van der Waals surface area contributed by atoms with Gasteiger partial charge >= 0.3 is 5.97 Å². The molecule has 1 fully saturated rings. The smallest absolute Gasteiger partial charge is 0.329 e. The van der Waals surface area contributed by atoms with Crippen LogP contribution in [0.2, 0.25) is 5.02 Å². The predicted octanol–water partition coefficient (Wildman–Crippen LogP) is 0.974. The third-order valence-corrected chi connectivity index (χ3v) is 5.52. The summed E-state index contributed by atoms with van der Waals surface area (Å²) in [7, 11) is 0. The fraction of sp³-hybridized carbons (Fsp3) is 0.300. The fourth-order valence-corrected chi connectivity index (χ4v) is 4.20. The van der Waals surface area contributed by atoms with E-state index in [2.05, 4.69) is 6.07 Å². The number of nitrogens with zero attached hydrogens (tertiary/aromatic N) is 2. The Morgan fingerprint density at radius 1 is 1.28 bits per heavy atom. The molecular weight excluding hydrogens is 396 g/mol. The van der Waals surface area contributed by atoms with E-state index in [9.17, 15) is 19.6 Å². The first-order valence-corrected chi connectivity index (χ1v) is 9.26. The van der Waals surface area contributed by atoms with Gasteiger partial charge in [0.05, 0.1) is 24.3 Å². The van der Waals surface area contributed by atoms with E-state index >= 15 is 0 Å². The number of ether oxygens (including phenoxy) is 1. The lowest BCUT2D eigenvalue weighted by molar-refractivity contribution is -0.153. The van der Waals surface area contributed by atoms with Gasteiger partial charge in [-0.3, -0.25) is 14.4 Å². The second kappa shape index (κ2) is 7.60. The van der Waals surface area contributed by atoms with Crippen molar-refractivity contribution in [2.75, 3.05) is 6.61 Å². The Kier molecular flexibility index (Phi) is 5.36. The Hall–Kier alpha value is -3.31. The summed E-state index contributed by atoms with van der Waals surface area (Å²) in [5.74, 6) is -3.20. The lowest BCUT2D eigenvalue weighted by atomic mass is 9.68. The number of halogens is 1. The van der Waals surface area contributed by atoms with Gasteiger partial charge in [0.2, 0.25) is 11.8 Å². The molecule has 2 amide bonds. The lowest BCUT2D eigenvalue weighted by Gasteiger charge is -2.32. The molecule has 0 spiro atoms. The molecule has 1 saturated heterocycles. The van der Waals surface area contributed by atoms with E-state index in [1.54, 1.807) is 31.2 Å². The fourth-order valence-electron chi connectivity index (χ4n) is 4.08. The first-order chi connectivity index (χ1) is 13.8. The van der Waals surface area contributed by atoms with Crippen molar-refractivity contribution in [3.8, 4) is 6.07 Å². The van der Waals surface area contributed by atoms with E-state index in [0.717, 1.165) is 0 Å². The first kappa shape index (κ1) is 20.4. The maximum Gasteiger partial charge on any atom is 0.329 e. The molecular formula is C20H19ClN4O4. The average molecular weight is 415 g/mol. The quantitative estimate of drug-likeness (QED) is 0.688. The molecule has 3 rings (SSSR count). The molecule has 2 aliphatic rings. The Labute approximate surface area is 172 Å². The molecule has 4 atom stereocenters. The normalized spacial score (nSPS) is 27.6. The average Bonchev–Trinajstić information content (AvgIpc) is 2.99. The zero-order chi connectivity index (χ0) is 21.3. The number of rotatable bonds is 5. The molecule has 0 aliphatic carbocycles. The van der Waals surface area contributed by atoms with Crippen molar-refractivity contribution in [1.82, 2.24) is 4.90 Å². The molecule has 2 aliphatic heterocycles. The molecule has 29 heavy (non-hydrogen) atoms. The largest absolute Gasteiger partial charge is 0.465 e. The number of hydrogen-bond acceptors (Lipinski definition) is 6. The van der Waals surface area contributed by atoms with Crippen molar-refractivity contribution in [1.29, 1.82) is 5.26 Å². The predicted molar refractivity (Wildman–Crippen MR) is 104 cm³/mol. The van der Waals surface area contributed by atoms with Gasteiger partial charge in [0.1, 0.15) is 6.04 Å². The standard InChI is InChI=1S/C20H19ClN4O4/c1-2-29-19(28)20(10-22)14-8-5-12(17(23)26)9-25(14)16(18(24)27)15(20)11-3-6-13(21)7-4-11/h3-9,14-16H,2H2,1H3,(H2,23,26)(H2,24,27)/t14-,15-,16+,20+/m1/s1. The van der Waals surface area contributed by atoms with Gasteiger partial charge in [0.15, 0.2) is 5.41 Å². The zero-order valence-electron chi connectivity index (χ0n) is 15.5. The van der Waals surface area contributed by atoms with Gasteiger partial charge in [-0.1, -0.05) is 29.8 Å². The number of esters is 1. The summed E-state index contributed by atoms with van der Waals surface area (Å²) in [5.41, 5.74) is 9.93. The van der Waals surface area contributed by atoms with E-state index in [0.29, 0.717) is 10.6 Å². The Morgan fingerprint density at radius 2 is 1.93 bits per heavy atom. The molecule has 1 aromatic rings. The third-order valence-electron chi connectivity index (χ3n) is 5.26. The van der Waals surface area contributed by atoms with Crippen LogP contribution < -0.4 is 11.5 Å². The van der Waals surface area contributed by atoms with Crippen LogP contribution in [0.25, 0.3) is 0 Å². The molecule has 2 heterocycles. The Bertz CT molecular complexity index is 966. The van der Waals surface area contributed by atoms with Crippen molar-refractivity contribution < 1.29 is 19.1 Å². The van der Waals surface area contributed by atoms with Gasteiger partial charge in [0.25, 0.3) is 0 Å². The highest BCUT2D eigenvalue weighted by Crippen LogP contribution is 2.53. The molecule has 9 heteroatoms. The molecule has 150 valence electrons. The summed E-state index contributed by atoms with van der Waals surface area (Å²) in [4.78, 5) is 38.7. The number of primary amides is 2. The molecule has 0 aromatic heterocycles. The van der Waals surface area contributed by atoms with Crippen molar-refractivity contribution in [2.45, 2.75) is 24.9 Å². The van der Waals surface area contributed by atoms with Gasteiger partial charge in [-0.05, 0) is 30.7 Å². The second-order valence-electron chi connectivity index (χ2n) is 6.78. The highest BCUT2D eigenvalue weighted by molar-refractivity contribution is 6.30. The van der Waals surface area contributed by atoms with Crippen LogP contribution in [-0.4, -0.2) is 41.4 Å². The first-order valence-electron chi connectivity index (χ1n) is 8.88. The molecule has 1 aromatic carbocycles. The number of nitrogens with two attached hydrogens (primary N) is 2. The number of hydrogen-bond donors (Lipinski definition) is 2.